The van der Waals surface area contributed by atoms with Crippen molar-refractivity contribution in [3.63, 3.8) is 0 Å². The smallest absolute Gasteiger partial charge is 0.300 e. The van der Waals surface area contributed by atoms with Gasteiger partial charge in [0.25, 0.3) is 0 Å². The minimum absolute atomic E-state index is 0.0610. The van der Waals surface area contributed by atoms with Crippen molar-refractivity contribution in [2.45, 2.75) is 44.9 Å². The molecule has 0 radical (unpaired) electrons. The van der Waals surface area contributed by atoms with E-state index in [4.69, 9.17) is 13.7 Å². The summed E-state index contributed by atoms with van der Waals surface area (Å²) in [4.78, 5) is 0.0610. The molecule has 1 aromatic rings. The maximum Gasteiger partial charge on any atom is 0.300 e. The molecule has 0 aliphatic heterocycles. The number of hydrogen-bond donors (Lipinski definition) is 0. The Balaban J connectivity index is 2.60. The van der Waals surface area contributed by atoms with Gasteiger partial charge in [0.15, 0.2) is 0 Å². The Morgan fingerprint density at radius 2 is 1.82 bits per heavy atom. The van der Waals surface area contributed by atoms with Gasteiger partial charge in [-0.1, -0.05) is 25.8 Å². The van der Waals surface area contributed by atoms with E-state index in [1.807, 2.05) is 6.92 Å². The third kappa shape index (κ3) is 6.34. The van der Waals surface area contributed by atoms with E-state index in [9.17, 15) is 8.42 Å². The fraction of sp³-hybridized carbons (Fsp3) is 0.625. The van der Waals surface area contributed by atoms with Crippen LogP contribution in [0.25, 0.3) is 0 Å². The Labute approximate surface area is 133 Å². The van der Waals surface area contributed by atoms with Crippen molar-refractivity contribution < 1.29 is 22.1 Å². The van der Waals surface area contributed by atoms with Gasteiger partial charge in [0.1, 0.15) is 17.3 Å². The maximum absolute atomic E-state index is 12.0. The van der Waals surface area contributed by atoms with Gasteiger partial charge >= 0.3 is 10.1 Å². The molecule has 1 rings (SSSR count). The van der Waals surface area contributed by atoms with E-state index in [0.29, 0.717) is 25.6 Å². The van der Waals surface area contributed by atoms with Gasteiger partial charge in [-0.2, -0.15) is 8.42 Å². The maximum atomic E-state index is 12.0. The van der Waals surface area contributed by atoms with Gasteiger partial charge in [0.05, 0.1) is 13.2 Å². The predicted octanol–water partition coefficient (Wildman–Crippen LogP) is 3.31. The average molecular weight is 330 g/mol. The second kappa shape index (κ2) is 9.82. The molecular weight excluding hydrogens is 304 g/mol. The molecule has 22 heavy (non-hydrogen) atoms. The third-order valence-corrected chi connectivity index (χ3v) is 4.44. The quantitative estimate of drug-likeness (QED) is 0.460. The topological polar surface area (TPSA) is 61.8 Å². The highest BCUT2D eigenvalue weighted by Gasteiger charge is 2.20. The van der Waals surface area contributed by atoms with Crippen LogP contribution in [0.5, 0.6) is 5.75 Å². The molecule has 6 heteroatoms. The van der Waals surface area contributed by atoms with Crippen molar-refractivity contribution in [2.24, 2.45) is 0 Å². The molecule has 0 unspecified atom stereocenters. The summed E-state index contributed by atoms with van der Waals surface area (Å²) in [6.07, 6.45) is 3.34. The SMILES string of the molecule is CCCCCOCCOc1cc(C)ccc1S(=O)(=O)OCC. The van der Waals surface area contributed by atoms with E-state index in [0.717, 1.165) is 24.8 Å². The normalized spacial score (nSPS) is 11.6. The van der Waals surface area contributed by atoms with Crippen LogP contribution in [0.2, 0.25) is 0 Å². The Morgan fingerprint density at radius 1 is 1.05 bits per heavy atom. The minimum atomic E-state index is -3.78. The first-order valence-electron chi connectivity index (χ1n) is 7.72. The second-order valence-corrected chi connectivity index (χ2v) is 6.56. The third-order valence-electron chi connectivity index (χ3n) is 3.02. The highest BCUT2D eigenvalue weighted by molar-refractivity contribution is 7.86. The van der Waals surface area contributed by atoms with E-state index >= 15 is 0 Å². The first-order chi connectivity index (χ1) is 10.5. The van der Waals surface area contributed by atoms with Gasteiger partial charge in [0.2, 0.25) is 0 Å². The Morgan fingerprint density at radius 3 is 2.50 bits per heavy atom. The van der Waals surface area contributed by atoms with Crippen molar-refractivity contribution in [2.75, 3.05) is 26.4 Å². The standard InChI is InChI=1S/C16H26O5S/c1-4-6-7-10-19-11-12-20-15-13-14(3)8-9-16(15)22(17,18)21-5-2/h8-9,13H,4-7,10-12H2,1-3H3. The zero-order valence-corrected chi connectivity index (χ0v) is 14.4. The number of hydrogen-bond acceptors (Lipinski definition) is 5. The first kappa shape index (κ1) is 18.9. The number of ether oxygens (including phenoxy) is 2. The van der Waals surface area contributed by atoms with Crippen LogP contribution in [0.1, 0.15) is 38.7 Å². The molecule has 126 valence electrons. The zero-order chi connectivity index (χ0) is 16.4. The van der Waals surface area contributed by atoms with Crippen molar-refractivity contribution in [3.05, 3.63) is 23.8 Å². The lowest BCUT2D eigenvalue weighted by Gasteiger charge is -2.12. The molecule has 0 atom stereocenters. The van der Waals surface area contributed by atoms with Crippen LogP contribution in [0, 0.1) is 6.92 Å². The number of unbranched alkanes of at least 4 members (excludes halogenated alkanes) is 2. The Hall–Kier alpha value is -1.11. The lowest BCUT2D eigenvalue weighted by Crippen LogP contribution is -2.12. The second-order valence-electron chi connectivity index (χ2n) is 4.98. The first-order valence-corrected chi connectivity index (χ1v) is 9.12. The average Bonchev–Trinajstić information content (AvgIpc) is 2.46. The van der Waals surface area contributed by atoms with E-state index < -0.39 is 10.1 Å². The van der Waals surface area contributed by atoms with Crippen molar-refractivity contribution in [3.8, 4) is 5.75 Å². The summed E-state index contributed by atoms with van der Waals surface area (Å²) >= 11 is 0. The Bertz CT molecular complexity index is 539. The monoisotopic (exact) mass is 330 g/mol. The summed E-state index contributed by atoms with van der Waals surface area (Å²) in [5.74, 6) is 0.311. The van der Waals surface area contributed by atoms with Crippen molar-refractivity contribution in [1.82, 2.24) is 0 Å². The molecular formula is C16H26O5S. The largest absolute Gasteiger partial charge is 0.490 e. The van der Waals surface area contributed by atoms with Gasteiger partial charge < -0.3 is 9.47 Å². The summed E-state index contributed by atoms with van der Waals surface area (Å²) in [6.45, 7) is 7.20. The molecule has 0 bridgehead atoms. The lowest BCUT2D eigenvalue weighted by atomic mass is 10.2. The molecule has 0 fully saturated rings. The molecule has 0 aromatic heterocycles. The molecule has 0 aliphatic rings. The molecule has 1 aromatic carbocycles. The van der Waals surface area contributed by atoms with Gasteiger partial charge in [-0.3, -0.25) is 4.18 Å². The van der Waals surface area contributed by atoms with Crippen molar-refractivity contribution in [1.29, 1.82) is 0 Å². The molecule has 0 saturated heterocycles. The van der Waals surface area contributed by atoms with E-state index in [-0.39, 0.29) is 11.5 Å². The van der Waals surface area contributed by atoms with Crippen LogP contribution >= 0.6 is 0 Å². The van der Waals surface area contributed by atoms with Crippen LogP contribution in [0.3, 0.4) is 0 Å². The molecule has 0 aliphatic carbocycles. The van der Waals surface area contributed by atoms with Crippen LogP contribution in [0.4, 0.5) is 0 Å². The highest BCUT2D eigenvalue weighted by Crippen LogP contribution is 2.26. The predicted molar refractivity (Wildman–Crippen MR) is 85.8 cm³/mol. The van der Waals surface area contributed by atoms with E-state index in [1.54, 1.807) is 19.1 Å². The van der Waals surface area contributed by atoms with Crippen LogP contribution in [-0.2, 0) is 19.0 Å². The van der Waals surface area contributed by atoms with Gasteiger partial charge in [0, 0.05) is 6.61 Å². The molecule has 0 N–H and O–H groups in total. The lowest BCUT2D eigenvalue weighted by molar-refractivity contribution is 0.0962. The van der Waals surface area contributed by atoms with Crippen LogP contribution in [0.15, 0.2) is 23.1 Å². The van der Waals surface area contributed by atoms with Gasteiger partial charge in [-0.25, -0.2) is 0 Å². The fourth-order valence-electron chi connectivity index (χ4n) is 1.92. The summed E-state index contributed by atoms with van der Waals surface area (Å²) in [6, 6.07) is 4.93. The number of benzene rings is 1. The zero-order valence-electron chi connectivity index (χ0n) is 13.6. The minimum Gasteiger partial charge on any atom is -0.490 e. The van der Waals surface area contributed by atoms with Crippen molar-refractivity contribution >= 4 is 10.1 Å². The summed E-state index contributed by atoms with van der Waals surface area (Å²) in [5.41, 5.74) is 0.925. The molecule has 0 amide bonds. The highest BCUT2D eigenvalue weighted by atomic mass is 32.2. The van der Waals surface area contributed by atoms with Gasteiger partial charge in [-0.15, -0.1) is 0 Å². The van der Waals surface area contributed by atoms with Crippen LogP contribution in [-0.4, -0.2) is 34.8 Å². The van der Waals surface area contributed by atoms with Crippen LogP contribution < -0.4 is 4.74 Å². The summed E-state index contributed by atoms with van der Waals surface area (Å²) in [7, 11) is -3.78. The van der Waals surface area contributed by atoms with E-state index in [1.165, 1.54) is 6.07 Å². The molecule has 0 heterocycles. The van der Waals surface area contributed by atoms with Gasteiger partial charge in [-0.05, 0) is 38.0 Å². The molecule has 0 spiro atoms. The summed E-state index contributed by atoms with van der Waals surface area (Å²) in [5, 5.41) is 0. The number of aryl methyl sites for hydroxylation is 1. The fourth-order valence-corrected chi connectivity index (χ4v) is 2.96. The van der Waals surface area contributed by atoms with E-state index in [2.05, 4.69) is 6.92 Å². The summed E-state index contributed by atoms with van der Waals surface area (Å²) < 4.78 is 39.9. The molecule has 0 saturated carbocycles. The number of rotatable bonds is 11. The molecule has 5 nitrogen and oxygen atoms in total. The Kier molecular flexibility index (Phi) is 8.45.